The van der Waals surface area contributed by atoms with Crippen LogP contribution in [0.15, 0.2) is 47.4 Å². The van der Waals surface area contributed by atoms with E-state index in [0.717, 1.165) is 28.4 Å². The molecular weight excluding hydrogens is 324 g/mol. The average molecular weight is 350 g/mol. The van der Waals surface area contributed by atoms with E-state index in [2.05, 4.69) is 56.1 Å². The summed E-state index contributed by atoms with van der Waals surface area (Å²) in [6.07, 6.45) is 1.15. The van der Waals surface area contributed by atoms with Crippen molar-refractivity contribution in [1.29, 1.82) is 0 Å². The number of halogens is 1. The Bertz CT molecular complexity index is 643. The molecule has 0 aromatic heterocycles. The molecule has 0 aliphatic heterocycles. The van der Waals surface area contributed by atoms with Gasteiger partial charge in [-0.2, -0.15) is 0 Å². The summed E-state index contributed by atoms with van der Waals surface area (Å²) < 4.78 is 0. The van der Waals surface area contributed by atoms with E-state index in [1.54, 1.807) is 11.8 Å². The van der Waals surface area contributed by atoms with Crippen molar-refractivity contribution in [3.63, 3.8) is 0 Å². The van der Waals surface area contributed by atoms with E-state index in [4.69, 9.17) is 11.6 Å². The van der Waals surface area contributed by atoms with Gasteiger partial charge >= 0.3 is 0 Å². The largest absolute Gasteiger partial charge is 0.382 e. The zero-order chi connectivity index (χ0) is 16.8. The van der Waals surface area contributed by atoms with Crippen LogP contribution in [0.4, 0.5) is 11.4 Å². The number of rotatable bonds is 7. The highest BCUT2D eigenvalue weighted by molar-refractivity contribution is 7.98. The molecule has 0 bridgehead atoms. The second kappa shape index (κ2) is 8.62. The van der Waals surface area contributed by atoms with E-state index >= 15 is 0 Å². The Kier molecular flexibility index (Phi) is 6.82. The number of nitrogens with one attached hydrogen (secondary N) is 1. The normalized spacial score (nSPS) is 12.4. The molecule has 0 heterocycles. The number of quaternary nitrogens is 1. The Morgan fingerprint density at radius 3 is 2.57 bits per heavy atom. The maximum absolute atomic E-state index is 6.26. The molecule has 4 N–H and O–H groups in total. The van der Waals surface area contributed by atoms with Crippen LogP contribution in [0.25, 0.3) is 0 Å². The van der Waals surface area contributed by atoms with Crippen molar-refractivity contribution in [2.24, 2.45) is 5.92 Å². The fraction of sp³-hybridized carbons (Fsp3) is 0.368. The molecule has 1 unspecified atom stereocenters. The van der Waals surface area contributed by atoms with Crippen LogP contribution in [-0.4, -0.2) is 6.04 Å². The molecular formula is C19H26ClN2S+. The first-order chi connectivity index (χ1) is 11.0. The highest BCUT2D eigenvalue weighted by Crippen LogP contribution is 2.33. The number of benzene rings is 2. The summed E-state index contributed by atoms with van der Waals surface area (Å²) in [5.41, 5.74) is 7.44. The molecule has 0 amide bonds. The molecule has 0 aliphatic rings. The molecule has 0 fully saturated rings. The van der Waals surface area contributed by atoms with Gasteiger partial charge in [0.05, 0.1) is 0 Å². The van der Waals surface area contributed by atoms with Gasteiger partial charge in [0, 0.05) is 39.5 Å². The van der Waals surface area contributed by atoms with Crippen LogP contribution in [0, 0.1) is 5.92 Å². The lowest BCUT2D eigenvalue weighted by atomic mass is 10.1. The first-order valence-corrected chi connectivity index (χ1v) is 9.41. The predicted molar refractivity (Wildman–Crippen MR) is 103 cm³/mol. The van der Waals surface area contributed by atoms with Gasteiger partial charge in [-0.15, -0.1) is 11.8 Å². The molecule has 124 valence electrons. The SMILES string of the molecule is CC(C)CC(C)Nc1ccc([NH3+])cc1SCc1ccccc1Cl. The summed E-state index contributed by atoms with van der Waals surface area (Å²) >= 11 is 8.06. The summed E-state index contributed by atoms with van der Waals surface area (Å²) in [6, 6.07) is 14.8. The molecule has 1 atom stereocenters. The molecule has 23 heavy (non-hydrogen) atoms. The van der Waals surface area contributed by atoms with Crippen molar-refractivity contribution in [2.45, 2.75) is 43.9 Å². The number of hydrogen-bond acceptors (Lipinski definition) is 2. The highest BCUT2D eigenvalue weighted by Gasteiger charge is 2.11. The standard InChI is InChI=1S/C19H25ClN2S/c1-13(2)10-14(3)22-18-9-8-16(21)11-19(18)23-12-15-6-4-5-7-17(15)20/h4-9,11,13-14,22H,10,12,21H2,1-3H3/p+1. The van der Waals surface area contributed by atoms with Crippen molar-refractivity contribution in [3.8, 4) is 0 Å². The first-order valence-electron chi connectivity index (χ1n) is 8.04. The van der Waals surface area contributed by atoms with Crippen LogP contribution < -0.4 is 11.1 Å². The molecule has 0 saturated carbocycles. The van der Waals surface area contributed by atoms with Gasteiger partial charge in [0.25, 0.3) is 0 Å². The molecule has 2 rings (SSSR count). The fourth-order valence-electron chi connectivity index (χ4n) is 2.61. The molecule has 0 aliphatic carbocycles. The van der Waals surface area contributed by atoms with Crippen LogP contribution in [0.2, 0.25) is 5.02 Å². The smallest absolute Gasteiger partial charge is 0.129 e. The van der Waals surface area contributed by atoms with E-state index in [1.165, 1.54) is 10.6 Å². The summed E-state index contributed by atoms with van der Waals surface area (Å²) in [4.78, 5) is 1.23. The molecule has 2 nitrogen and oxygen atoms in total. The van der Waals surface area contributed by atoms with Gasteiger partial charge < -0.3 is 11.1 Å². The number of hydrogen-bond donors (Lipinski definition) is 2. The highest BCUT2D eigenvalue weighted by atomic mass is 35.5. The van der Waals surface area contributed by atoms with E-state index in [1.807, 2.05) is 18.2 Å². The van der Waals surface area contributed by atoms with Crippen LogP contribution in [-0.2, 0) is 5.75 Å². The van der Waals surface area contributed by atoms with Crippen LogP contribution in [0.3, 0.4) is 0 Å². The van der Waals surface area contributed by atoms with Gasteiger partial charge in [0.15, 0.2) is 0 Å². The average Bonchev–Trinajstić information content (AvgIpc) is 2.48. The molecule has 0 saturated heterocycles. The quantitative estimate of drug-likeness (QED) is 0.661. The minimum Gasteiger partial charge on any atom is -0.382 e. The van der Waals surface area contributed by atoms with E-state index in [9.17, 15) is 0 Å². The number of thioether (sulfide) groups is 1. The third kappa shape index (κ3) is 5.76. The van der Waals surface area contributed by atoms with Crippen LogP contribution in [0.1, 0.15) is 32.8 Å². The van der Waals surface area contributed by atoms with E-state index < -0.39 is 0 Å². The van der Waals surface area contributed by atoms with Crippen molar-refractivity contribution in [2.75, 3.05) is 5.32 Å². The Morgan fingerprint density at radius 2 is 1.87 bits per heavy atom. The van der Waals surface area contributed by atoms with Crippen molar-refractivity contribution in [3.05, 3.63) is 53.1 Å². The Balaban J connectivity index is 2.11. The van der Waals surface area contributed by atoms with Crippen molar-refractivity contribution in [1.82, 2.24) is 0 Å². The monoisotopic (exact) mass is 349 g/mol. The zero-order valence-corrected chi connectivity index (χ0v) is 15.7. The van der Waals surface area contributed by atoms with Crippen molar-refractivity contribution >= 4 is 34.7 Å². The first kappa shape index (κ1) is 18.2. The lowest BCUT2D eigenvalue weighted by Gasteiger charge is -2.19. The third-order valence-corrected chi connectivity index (χ3v) is 5.09. The van der Waals surface area contributed by atoms with Gasteiger partial charge in [-0.05, 0) is 37.0 Å². The van der Waals surface area contributed by atoms with Crippen molar-refractivity contribution < 1.29 is 5.73 Å². The second-order valence-electron chi connectivity index (χ2n) is 6.39. The molecule has 2 aromatic rings. The predicted octanol–water partition coefficient (Wildman–Crippen LogP) is 5.35. The van der Waals surface area contributed by atoms with Gasteiger partial charge in [0.1, 0.15) is 5.69 Å². The maximum atomic E-state index is 6.26. The summed E-state index contributed by atoms with van der Waals surface area (Å²) in [6.45, 7) is 6.75. The molecule has 0 spiro atoms. The van der Waals surface area contributed by atoms with Gasteiger partial charge in [-0.1, -0.05) is 43.6 Å². The second-order valence-corrected chi connectivity index (χ2v) is 7.81. The van der Waals surface area contributed by atoms with Gasteiger partial charge in [-0.25, -0.2) is 0 Å². The van der Waals surface area contributed by atoms with Crippen LogP contribution >= 0.6 is 23.4 Å². The zero-order valence-electron chi connectivity index (χ0n) is 14.1. The lowest BCUT2D eigenvalue weighted by Crippen LogP contribution is -2.40. The Hall–Kier alpha value is -1.16. The van der Waals surface area contributed by atoms with E-state index in [0.29, 0.717) is 12.0 Å². The number of anilines is 1. The molecule has 0 radical (unpaired) electrons. The van der Waals surface area contributed by atoms with E-state index in [-0.39, 0.29) is 0 Å². The third-order valence-electron chi connectivity index (χ3n) is 3.61. The van der Waals surface area contributed by atoms with Gasteiger partial charge in [0.2, 0.25) is 0 Å². The lowest BCUT2D eigenvalue weighted by molar-refractivity contribution is -0.255. The summed E-state index contributed by atoms with van der Waals surface area (Å²) in [5.74, 6) is 1.54. The minimum absolute atomic E-state index is 0.449. The fourth-order valence-corrected chi connectivity index (χ4v) is 3.97. The van der Waals surface area contributed by atoms with Crippen LogP contribution in [0.5, 0.6) is 0 Å². The summed E-state index contributed by atoms with van der Waals surface area (Å²) in [7, 11) is 0. The van der Waals surface area contributed by atoms with Gasteiger partial charge in [-0.3, -0.25) is 0 Å². The topological polar surface area (TPSA) is 39.7 Å². The minimum atomic E-state index is 0.449. The maximum Gasteiger partial charge on any atom is 0.129 e. The molecule has 4 heteroatoms. The Labute approximate surface area is 148 Å². The molecule has 2 aromatic carbocycles. The summed E-state index contributed by atoms with van der Waals surface area (Å²) in [5, 5.41) is 4.47. The Morgan fingerprint density at radius 1 is 1.13 bits per heavy atom.